The Balaban J connectivity index is 3.11. The first-order chi connectivity index (χ1) is 7.53. The smallest absolute Gasteiger partial charge is 0.361 e. The van der Waals surface area contributed by atoms with Gasteiger partial charge in [0, 0.05) is 0 Å². The highest BCUT2D eigenvalue weighted by Gasteiger charge is 2.27. The number of hydrogen-bond acceptors (Lipinski definition) is 5. The van der Waals surface area contributed by atoms with Gasteiger partial charge in [0.15, 0.2) is 11.5 Å². The van der Waals surface area contributed by atoms with E-state index in [9.17, 15) is 9.67 Å². The van der Waals surface area contributed by atoms with E-state index in [1.165, 1.54) is 18.2 Å². The zero-order chi connectivity index (χ0) is 12.2. The molecule has 1 aromatic rings. The molecule has 0 aliphatic rings. The van der Waals surface area contributed by atoms with E-state index in [1.807, 2.05) is 0 Å². The molecule has 5 nitrogen and oxygen atoms in total. The summed E-state index contributed by atoms with van der Waals surface area (Å²) in [5.41, 5.74) is 0. The maximum absolute atomic E-state index is 12.2. The molecule has 1 rings (SSSR count). The largest absolute Gasteiger partial charge is 0.504 e. The Morgan fingerprint density at radius 1 is 1.12 bits per heavy atom. The number of benzene rings is 1. The molecule has 0 atom stereocenters. The van der Waals surface area contributed by atoms with Gasteiger partial charge in [-0.05, 0) is 32.0 Å². The monoisotopic (exact) mass is 246 g/mol. The van der Waals surface area contributed by atoms with Crippen LogP contribution in [0.1, 0.15) is 13.8 Å². The third-order valence-corrected chi connectivity index (χ3v) is 3.98. The number of hydrogen-bond donors (Lipinski definition) is 2. The highest BCUT2D eigenvalue weighted by molar-refractivity contribution is 7.62. The van der Waals surface area contributed by atoms with Gasteiger partial charge in [-0.1, -0.05) is 0 Å². The summed E-state index contributed by atoms with van der Waals surface area (Å²) in [5.74, 6) is -0.625. The van der Waals surface area contributed by atoms with E-state index in [1.54, 1.807) is 13.8 Å². The van der Waals surface area contributed by atoms with E-state index < -0.39 is 7.60 Å². The van der Waals surface area contributed by atoms with Crippen LogP contribution < -0.4 is 5.30 Å². The second-order valence-corrected chi connectivity index (χ2v) is 5.03. The van der Waals surface area contributed by atoms with Crippen molar-refractivity contribution in [1.29, 1.82) is 0 Å². The van der Waals surface area contributed by atoms with Crippen LogP contribution in [0, 0.1) is 0 Å². The molecule has 0 radical (unpaired) electrons. The van der Waals surface area contributed by atoms with Gasteiger partial charge in [0.2, 0.25) is 0 Å². The zero-order valence-electron chi connectivity index (χ0n) is 9.21. The first-order valence-corrected chi connectivity index (χ1v) is 6.49. The number of phenolic OH excluding ortho intramolecular Hbond substituents is 2. The number of rotatable bonds is 5. The molecule has 0 saturated carbocycles. The van der Waals surface area contributed by atoms with E-state index in [0.717, 1.165) is 0 Å². The molecule has 0 unspecified atom stereocenters. The predicted octanol–water partition coefficient (Wildman–Crippen LogP) is 1.99. The van der Waals surface area contributed by atoms with Crippen molar-refractivity contribution in [2.75, 3.05) is 13.2 Å². The fourth-order valence-electron chi connectivity index (χ4n) is 1.21. The summed E-state index contributed by atoms with van der Waals surface area (Å²) in [6, 6.07) is 3.83. The Hall–Kier alpha value is -1.03. The van der Waals surface area contributed by atoms with Gasteiger partial charge in [-0.3, -0.25) is 4.57 Å². The summed E-state index contributed by atoms with van der Waals surface area (Å²) in [5, 5.41) is 18.7. The lowest BCUT2D eigenvalue weighted by Crippen LogP contribution is -2.10. The fraction of sp³-hybridized carbons (Fsp3) is 0.400. The summed E-state index contributed by atoms with van der Waals surface area (Å²) in [6.07, 6.45) is 0. The van der Waals surface area contributed by atoms with Crippen LogP contribution in [0.2, 0.25) is 0 Å². The van der Waals surface area contributed by atoms with Gasteiger partial charge in [0.25, 0.3) is 0 Å². The van der Waals surface area contributed by atoms with Crippen LogP contribution in [-0.4, -0.2) is 23.4 Å². The van der Waals surface area contributed by atoms with Gasteiger partial charge >= 0.3 is 7.60 Å². The average Bonchev–Trinajstić information content (AvgIpc) is 2.22. The van der Waals surface area contributed by atoms with Crippen LogP contribution >= 0.6 is 7.60 Å². The molecule has 0 amide bonds. The van der Waals surface area contributed by atoms with E-state index in [-0.39, 0.29) is 30.0 Å². The van der Waals surface area contributed by atoms with Crippen LogP contribution in [0.4, 0.5) is 0 Å². The standard InChI is InChI=1S/C10H15O5P/c1-3-14-16(13,15-4-2)8-5-6-9(11)10(12)7-8/h5-7,11-12H,3-4H2,1-2H3. The number of aromatic hydroxyl groups is 2. The lowest BCUT2D eigenvalue weighted by Gasteiger charge is -2.17. The lowest BCUT2D eigenvalue weighted by molar-refractivity contribution is 0.230. The molecular weight excluding hydrogens is 231 g/mol. The van der Waals surface area contributed by atoms with Crippen molar-refractivity contribution >= 4 is 12.9 Å². The Morgan fingerprint density at radius 3 is 2.12 bits per heavy atom. The molecular formula is C10H15O5P. The molecule has 16 heavy (non-hydrogen) atoms. The van der Waals surface area contributed by atoms with Gasteiger partial charge in [0.1, 0.15) is 0 Å². The molecule has 0 aliphatic heterocycles. The first kappa shape index (κ1) is 13.0. The first-order valence-electron chi connectivity index (χ1n) is 4.95. The summed E-state index contributed by atoms with van der Waals surface area (Å²) in [4.78, 5) is 0. The van der Waals surface area contributed by atoms with E-state index in [2.05, 4.69) is 0 Å². The second kappa shape index (κ2) is 5.34. The molecule has 90 valence electrons. The molecule has 0 spiro atoms. The summed E-state index contributed by atoms with van der Waals surface area (Å²) < 4.78 is 22.4. The summed E-state index contributed by atoms with van der Waals surface area (Å²) >= 11 is 0. The van der Waals surface area contributed by atoms with E-state index >= 15 is 0 Å². The van der Waals surface area contributed by atoms with Crippen molar-refractivity contribution in [2.45, 2.75) is 13.8 Å². The number of phenols is 2. The molecule has 0 heterocycles. The van der Waals surface area contributed by atoms with E-state index in [4.69, 9.17) is 14.2 Å². The van der Waals surface area contributed by atoms with Crippen molar-refractivity contribution in [1.82, 2.24) is 0 Å². The van der Waals surface area contributed by atoms with Gasteiger partial charge in [0.05, 0.1) is 18.5 Å². The topological polar surface area (TPSA) is 76.0 Å². The SMILES string of the molecule is CCOP(=O)(OCC)c1ccc(O)c(O)c1. The van der Waals surface area contributed by atoms with Crippen LogP contribution in [0.3, 0.4) is 0 Å². The van der Waals surface area contributed by atoms with Gasteiger partial charge in [-0.2, -0.15) is 0 Å². The second-order valence-electron chi connectivity index (χ2n) is 3.01. The Labute approximate surface area is 94.2 Å². The fourth-order valence-corrected chi connectivity index (χ4v) is 2.80. The van der Waals surface area contributed by atoms with Crippen LogP contribution in [-0.2, 0) is 13.6 Å². The van der Waals surface area contributed by atoms with Crippen LogP contribution in [0.5, 0.6) is 11.5 Å². The normalized spacial score (nSPS) is 11.6. The highest BCUT2D eigenvalue weighted by atomic mass is 31.2. The maximum Gasteiger partial charge on any atom is 0.361 e. The van der Waals surface area contributed by atoms with Crippen molar-refractivity contribution < 1.29 is 23.8 Å². The minimum absolute atomic E-state index is 0.228. The minimum Gasteiger partial charge on any atom is -0.504 e. The highest BCUT2D eigenvalue weighted by Crippen LogP contribution is 2.47. The van der Waals surface area contributed by atoms with E-state index in [0.29, 0.717) is 0 Å². The van der Waals surface area contributed by atoms with Crippen molar-refractivity contribution in [3.63, 3.8) is 0 Å². The Kier molecular flexibility index (Phi) is 4.35. The van der Waals surface area contributed by atoms with Gasteiger partial charge in [-0.15, -0.1) is 0 Å². The molecule has 0 aliphatic carbocycles. The molecule has 0 saturated heterocycles. The van der Waals surface area contributed by atoms with Crippen molar-refractivity contribution in [2.24, 2.45) is 0 Å². The summed E-state index contributed by atoms with van der Waals surface area (Å²) in [6.45, 7) is 3.87. The Morgan fingerprint density at radius 2 is 1.69 bits per heavy atom. The minimum atomic E-state index is -3.39. The molecule has 0 fully saturated rings. The van der Waals surface area contributed by atoms with Crippen molar-refractivity contribution in [3.05, 3.63) is 18.2 Å². The molecule has 0 bridgehead atoms. The quantitative estimate of drug-likeness (QED) is 0.613. The molecule has 0 aromatic heterocycles. The van der Waals surface area contributed by atoms with Crippen LogP contribution in [0.25, 0.3) is 0 Å². The maximum atomic E-state index is 12.2. The molecule has 2 N–H and O–H groups in total. The molecule has 6 heteroatoms. The van der Waals surface area contributed by atoms with Crippen molar-refractivity contribution in [3.8, 4) is 11.5 Å². The van der Waals surface area contributed by atoms with Crippen LogP contribution in [0.15, 0.2) is 18.2 Å². The zero-order valence-corrected chi connectivity index (χ0v) is 10.1. The third kappa shape index (κ3) is 2.76. The Bertz CT molecular complexity index is 394. The summed E-state index contributed by atoms with van der Waals surface area (Å²) in [7, 11) is -3.39. The van der Waals surface area contributed by atoms with Gasteiger partial charge in [-0.25, -0.2) is 0 Å². The predicted molar refractivity (Wildman–Crippen MR) is 60.3 cm³/mol. The van der Waals surface area contributed by atoms with Gasteiger partial charge < -0.3 is 19.3 Å². The third-order valence-electron chi connectivity index (χ3n) is 1.87. The lowest BCUT2D eigenvalue weighted by atomic mass is 10.3. The average molecular weight is 246 g/mol. The molecule has 1 aromatic carbocycles.